The van der Waals surface area contributed by atoms with Crippen LogP contribution >= 0.6 is 11.8 Å². The van der Waals surface area contributed by atoms with Crippen molar-refractivity contribution in [3.05, 3.63) is 80.3 Å². The number of hydrogen-bond donors (Lipinski definition) is 1. The number of nitro groups is 1. The molecule has 3 heterocycles. The summed E-state index contributed by atoms with van der Waals surface area (Å²) in [6.45, 7) is 4.01. The minimum Gasteiger partial charge on any atom is -0.326 e. The van der Waals surface area contributed by atoms with Crippen LogP contribution in [-0.2, 0) is 4.79 Å². The number of anilines is 1. The van der Waals surface area contributed by atoms with Gasteiger partial charge in [-0.1, -0.05) is 29.5 Å². The Morgan fingerprint density at radius 2 is 2.00 bits per heavy atom. The molecule has 0 radical (unpaired) electrons. The number of nitrogens with one attached hydrogen (secondary N) is 1. The Morgan fingerprint density at radius 1 is 1.24 bits per heavy atom. The van der Waals surface area contributed by atoms with Gasteiger partial charge < -0.3 is 5.32 Å². The number of nitrogens with zero attached hydrogens (tertiary/aromatic N) is 5. The first-order chi connectivity index (χ1) is 16.3. The van der Waals surface area contributed by atoms with E-state index in [4.69, 9.17) is 4.98 Å². The molecule has 34 heavy (non-hydrogen) atoms. The fraction of sp³-hybridized carbons (Fsp3) is 0.217. The Hall–Kier alpha value is -3.99. The fourth-order valence-electron chi connectivity index (χ4n) is 4.09. The number of rotatable bonds is 5. The van der Waals surface area contributed by atoms with Gasteiger partial charge in [-0.3, -0.25) is 24.3 Å². The van der Waals surface area contributed by atoms with Gasteiger partial charge >= 0.3 is 0 Å². The maximum absolute atomic E-state index is 13.3. The quantitative estimate of drug-likeness (QED) is 0.264. The van der Waals surface area contributed by atoms with Crippen LogP contribution in [0, 0.1) is 24.0 Å². The fourth-order valence-corrected chi connectivity index (χ4v) is 5.22. The first kappa shape index (κ1) is 21.8. The van der Waals surface area contributed by atoms with E-state index in [2.05, 4.69) is 16.5 Å². The molecule has 1 aliphatic heterocycles. The summed E-state index contributed by atoms with van der Waals surface area (Å²) in [5.41, 5.74) is 3.69. The number of carbonyl (C=O) groups excluding carboxylic acids is 1. The second-order valence-corrected chi connectivity index (χ2v) is 9.16. The van der Waals surface area contributed by atoms with Crippen LogP contribution in [0.25, 0.3) is 16.7 Å². The zero-order valence-corrected chi connectivity index (χ0v) is 19.2. The molecule has 0 saturated heterocycles. The summed E-state index contributed by atoms with van der Waals surface area (Å²) in [7, 11) is 0. The number of amides is 1. The van der Waals surface area contributed by atoms with E-state index in [9.17, 15) is 19.7 Å². The third-order valence-corrected chi connectivity index (χ3v) is 6.83. The van der Waals surface area contributed by atoms with Crippen molar-refractivity contribution in [1.82, 2.24) is 19.3 Å². The van der Waals surface area contributed by atoms with Gasteiger partial charge in [-0.2, -0.15) is 5.10 Å². The third-order valence-electron chi connectivity index (χ3n) is 5.73. The Kier molecular flexibility index (Phi) is 5.40. The molecule has 5 rings (SSSR count). The van der Waals surface area contributed by atoms with Gasteiger partial charge in [-0.05, 0) is 37.6 Å². The number of aromatic nitrogens is 4. The third kappa shape index (κ3) is 3.83. The second-order valence-electron chi connectivity index (χ2n) is 8.17. The lowest BCUT2D eigenvalue weighted by molar-refractivity contribution is -0.384. The highest BCUT2D eigenvalue weighted by atomic mass is 32.2. The minimum absolute atomic E-state index is 0.0536. The van der Waals surface area contributed by atoms with Gasteiger partial charge in [0.2, 0.25) is 5.91 Å². The Bertz CT molecular complexity index is 1510. The van der Waals surface area contributed by atoms with Crippen LogP contribution in [0.1, 0.15) is 23.6 Å². The minimum atomic E-state index is -0.499. The van der Waals surface area contributed by atoms with Crippen molar-refractivity contribution in [3.63, 3.8) is 0 Å². The topological polar surface area (TPSA) is 125 Å². The molecule has 11 heteroatoms. The van der Waals surface area contributed by atoms with Crippen molar-refractivity contribution in [2.75, 3.05) is 11.1 Å². The zero-order chi connectivity index (χ0) is 24.0. The molecule has 0 bridgehead atoms. The van der Waals surface area contributed by atoms with Gasteiger partial charge in [0.25, 0.3) is 11.2 Å². The smallest absolute Gasteiger partial charge is 0.269 e. The van der Waals surface area contributed by atoms with Crippen LogP contribution in [0.2, 0.25) is 0 Å². The van der Waals surface area contributed by atoms with Crippen LogP contribution in [0.5, 0.6) is 0 Å². The van der Waals surface area contributed by atoms with Crippen molar-refractivity contribution in [1.29, 1.82) is 0 Å². The highest BCUT2D eigenvalue weighted by Gasteiger charge is 2.29. The molecule has 1 aliphatic rings. The molecule has 1 atom stereocenters. The average Bonchev–Trinajstić information content (AvgIpc) is 3.39. The lowest BCUT2D eigenvalue weighted by atomic mass is 10.1. The van der Waals surface area contributed by atoms with E-state index in [1.165, 1.54) is 42.2 Å². The standard InChI is InChI=1S/C23H20N6O4S/c1-13-3-8-19(14(2)9-13)28-21-18(11-24-28)22(31)27-17(12-34-23(27)26-21)10-20(30)25-15-4-6-16(7-5-15)29(32)33/h3-9,11,17H,10,12H2,1-2H3,(H,25,30). The molecule has 1 unspecified atom stereocenters. The maximum atomic E-state index is 13.3. The molecule has 0 aliphatic carbocycles. The van der Waals surface area contributed by atoms with Gasteiger partial charge in [0.1, 0.15) is 5.39 Å². The summed E-state index contributed by atoms with van der Waals surface area (Å²) in [5, 5.41) is 18.9. The Balaban J connectivity index is 1.41. The van der Waals surface area contributed by atoms with Gasteiger partial charge in [0.15, 0.2) is 10.8 Å². The molecular weight excluding hydrogens is 456 g/mol. The number of benzene rings is 2. The molecule has 2 aromatic carbocycles. The summed E-state index contributed by atoms with van der Waals surface area (Å²) in [4.78, 5) is 40.9. The molecule has 0 spiro atoms. The van der Waals surface area contributed by atoms with E-state index in [-0.39, 0.29) is 29.6 Å². The molecule has 2 aromatic heterocycles. The molecule has 1 amide bonds. The normalized spacial score (nSPS) is 14.8. The van der Waals surface area contributed by atoms with Crippen molar-refractivity contribution in [2.45, 2.75) is 31.5 Å². The van der Waals surface area contributed by atoms with E-state index in [1.807, 2.05) is 26.0 Å². The lowest BCUT2D eigenvalue weighted by Crippen LogP contribution is -2.27. The van der Waals surface area contributed by atoms with Crippen LogP contribution in [0.15, 0.2) is 58.6 Å². The second kappa shape index (κ2) is 8.41. The van der Waals surface area contributed by atoms with Crippen molar-refractivity contribution in [2.24, 2.45) is 0 Å². The van der Waals surface area contributed by atoms with E-state index in [0.29, 0.717) is 27.6 Å². The van der Waals surface area contributed by atoms with E-state index in [0.717, 1.165) is 16.8 Å². The van der Waals surface area contributed by atoms with Crippen LogP contribution in [0.4, 0.5) is 11.4 Å². The van der Waals surface area contributed by atoms with Crippen molar-refractivity contribution < 1.29 is 9.72 Å². The summed E-state index contributed by atoms with van der Waals surface area (Å²) in [5.74, 6) is 0.254. The Labute approximate surface area is 197 Å². The number of hydrogen-bond acceptors (Lipinski definition) is 7. The summed E-state index contributed by atoms with van der Waals surface area (Å²) >= 11 is 1.43. The molecule has 0 saturated carbocycles. The van der Waals surface area contributed by atoms with Crippen LogP contribution in [0.3, 0.4) is 0 Å². The Morgan fingerprint density at radius 3 is 2.71 bits per heavy atom. The number of fused-ring (bicyclic) bond motifs is 2. The summed E-state index contributed by atoms with van der Waals surface area (Å²) in [6.07, 6.45) is 1.60. The molecular formula is C23H20N6O4S. The summed E-state index contributed by atoms with van der Waals surface area (Å²) in [6, 6.07) is 11.3. The molecule has 172 valence electrons. The van der Waals surface area contributed by atoms with Crippen LogP contribution in [-0.4, -0.2) is 35.9 Å². The van der Waals surface area contributed by atoms with Crippen LogP contribution < -0.4 is 10.9 Å². The molecule has 10 nitrogen and oxygen atoms in total. The highest BCUT2D eigenvalue weighted by molar-refractivity contribution is 7.99. The van der Waals surface area contributed by atoms with Gasteiger partial charge in [-0.15, -0.1) is 0 Å². The van der Waals surface area contributed by atoms with E-state index >= 15 is 0 Å². The number of thioether (sulfide) groups is 1. The van der Waals surface area contributed by atoms with Gasteiger partial charge in [0, 0.05) is 30.0 Å². The number of aryl methyl sites for hydroxylation is 2. The largest absolute Gasteiger partial charge is 0.326 e. The van der Waals surface area contributed by atoms with Crippen molar-refractivity contribution in [3.8, 4) is 5.69 Å². The van der Waals surface area contributed by atoms with E-state index < -0.39 is 4.92 Å². The lowest BCUT2D eigenvalue weighted by Gasteiger charge is -2.14. The summed E-state index contributed by atoms with van der Waals surface area (Å²) < 4.78 is 3.25. The first-order valence-electron chi connectivity index (χ1n) is 10.6. The number of carbonyl (C=O) groups is 1. The average molecular weight is 477 g/mol. The molecule has 0 fully saturated rings. The maximum Gasteiger partial charge on any atom is 0.269 e. The zero-order valence-electron chi connectivity index (χ0n) is 18.4. The monoisotopic (exact) mass is 476 g/mol. The molecule has 1 N–H and O–H groups in total. The SMILES string of the molecule is Cc1ccc(-n2ncc3c(=O)n4c(nc32)SCC4CC(=O)Nc2ccc([N+](=O)[O-])cc2)c(C)c1. The molecule has 4 aromatic rings. The van der Waals surface area contributed by atoms with E-state index in [1.54, 1.807) is 9.25 Å². The predicted octanol–water partition coefficient (Wildman–Crippen LogP) is 3.78. The van der Waals surface area contributed by atoms with Gasteiger partial charge in [0.05, 0.1) is 22.8 Å². The van der Waals surface area contributed by atoms with Crippen molar-refractivity contribution >= 4 is 40.1 Å². The predicted molar refractivity (Wildman–Crippen MR) is 129 cm³/mol. The number of nitro benzene ring substituents is 1. The first-order valence-corrected chi connectivity index (χ1v) is 11.6. The van der Waals surface area contributed by atoms with Gasteiger partial charge in [-0.25, -0.2) is 9.67 Å². The highest BCUT2D eigenvalue weighted by Crippen LogP contribution is 2.34. The number of non-ortho nitro benzene ring substituents is 1.